The van der Waals surface area contributed by atoms with Gasteiger partial charge in [-0.05, 0) is 61.0 Å². The van der Waals surface area contributed by atoms with Crippen molar-refractivity contribution in [2.75, 3.05) is 19.0 Å². The van der Waals surface area contributed by atoms with Gasteiger partial charge in [-0.15, -0.1) is 0 Å². The number of hydrogen-bond acceptors (Lipinski definition) is 6. The quantitative estimate of drug-likeness (QED) is 0.171. The summed E-state index contributed by atoms with van der Waals surface area (Å²) in [6.45, 7) is 1.71. The average Bonchev–Trinajstić information content (AvgIpc) is 3.62. The Kier molecular flexibility index (Phi) is 6.87. The molecule has 0 saturated carbocycles. The molecule has 0 spiro atoms. The third kappa shape index (κ3) is 4.62. The largest absolute Gasteiger partial charge is 0.378 e. The first kappa shape index (κ1) is 29.0. The summed E-state index contributed by atoms with van der Waals surface area (Å²) in [5.74, 6) is 0. The molecule has 7 nitrogen and oxygen atoms in total. The fraction of sp³-hybridized carbons (Fsp3) is 0.182. The van der Waals surface area contributed by atoms with Crippen molar-refractivity contribution in [1.29, 1.82) is 0 Å². The fourth-order valence-corrected chi connectivity index (χ4v) is 10.7. The lowest BCUT2D eigenvalue weighted by atomic mass is 10.2. The normalized spacial score (nSPS) is 12.2. The zero-order chi connectivity index (χ0) is 31.1. The highest BCUT2D eigenvalue weighted by Gasteiger charge is 2.29. The minimum atomic E-state index is -4.36. The maximum absolute atomic E-state index is 12.2. The van der Waals surface area contributed by atoms with Crippen LogP contribution in [0.2, 0.25) is 0 Å². The van der Waals surface area contributed by atoms with E-state index in [0.717, 1.165) is 31.3 Å². The van der Waals surface area contributed by atoms with Gasteiger partial charge in [0.15, 0.2) is 0 Å². The number of benzene rings is 4. The van der Waals surface area contributed by atoms with Crippen LogP contribution in [0, 0.1) is 6.92 Å². The molecule has 0 atom stereocenters. The molecule has 0 bridgehead atoms. The van der Waals surface area contributed by atoms with Crippen molar-refractivity contribution in [2.45, 2.75) is 11.8 Å². The lowest BCUT2D eigenvalue weighted by Gasteiger charge is -2.11. The van der Waals surface area contributed by atoms with E-state index in [1.54, 1.807) is 35.7 Å². The van der Waals surface area contributed by atoms with Gasteiger partial charge >= 0.3 is 0 Å². The van der Waals surface area contributed by atoms with Gasteiger partial charge in [-0.3, -0.25) is 4.55 Å². The number of aryl methyl sites for hydroxylation is 4. The van der Waals surface area contributed by atoms with Crippen LogP contribution in [-0.2, 0) is 31.3 Å². The van der Waals surface area contributed by atoms with E-state index < -0.39 is 10.1 Å². The molecule has 4 aromatic carbocycles. The number of aromatic nitrogens is 3. The summed E-state index contributed by atoms with van der Waals surface area (Å²) in [6, 6.07) is 25.4. The van der Waals surface area contributed by atoms with E-state index in [1.165, 1.54) is 43.4 Å². The number of nitrogens with zero attached hydrogens (tertiary/aromatic N) is 4. The number of thiazole rings is 3. The second kappa shape index (κ2) is 10.4. The third-order valence-corrected chi connectivity index (χ3v) is 13.2. The molecule has 3 aromatic heterocycles. The average molecular weight is 660 g/mol. The van der Waals surface area contributed by atoms with Crippen LogP contribution >= 0.6 is 34.0 Å². The van der Waals surface area contributed by atoms with E-state index in [1.807, 2.05) is 17.7 Å². The molecule has 7 aromatic rings. The van der Waals surface area contributed by atoms with Crippen LogP contribution in [0.3, 0.4) is 0 Å². The topological polar surface area (TPSA) is 69.2 Å². The van der Waals surface area contributed by atoms with E-state index >= 15 is 0 Å². The van der Waals surface area contributed by atoms with E-state index in [0.29, 0.717) is 10.3 Å². The molecule has 0 radical (unpaired) electrons. The lowest BCUT2D eigenvalue weighted by molar-refractivity contribution is -0.629. The van der Waals surface area contributed by atoms with Crippen molar-refractivity contribution in [3.05, 3.63) is 78.4 Å². The second-order valence-electron chi connectivity index (χ2n) is 11.2. The zero-order valence-electron chi connectivity index (χ0n) is 25.1. The van der Waals surface area contributed by atoms with E-state index in [4.69, 9.17) is 0 Å². The molecular formula is C33H31N4O3S4+3. The van der Waals surface area contributed by atoms with Gasteiger partial charge in [-0.2, -0.15) is 22.1 Å². The minimum absolute atomic E-state index is 0.0150. The molecule has 0 aliphatic carbocycles. The molecule has 7 rings (SSSR count). The second-order valence-corrected chi connectivity index (χ2v) is 15.7. The lowest BCUT2D eigenvalue weighted by Crippen LogP contribution is -2.29. The summed E-state index contributed by atoms with van der Waals surface area (Å²) < 4.78 is 43.9. The summed E-state index contributed by atoms with van der Waals surface area (Å²) in [4.78, 5) is 2.09. The first-order valence-corrected chi connectivity index (χ1v) is 17.8. The Morgan fingerprint density at radius 3 is 1.61 bits per heavy atom. The van der Waals surface area contributed by atoms with E-state index in [-0.39, 0.29) is 4.90 Å². The Hall–Kier alpha value is -3.74. The van der Waals surface area contributed by atoms with Gasteiger partial charge in [0.25, 0.3) is 25.1 Å². The van der Waals surface area contributed by atoms with Crippen LogP contribution in [0.4, 0.5) is 5.69 Å². The highest BCUT2D eigenvalue weighted by atomic mass is 32.2. The number of anilines is 1. The van der Waals surface area contributed by atoms with Crippen molar-refractivity contribution >= 4 is 80.5 Å². The zero-order valence-corrected chi connectivity index (χ0v) is 28.4. The van der Waals surface area contributed by atoms with Gasteiger partial charge in [0.1, 0.15) is 40.1 Å². The summed E-state index contributed by atoms with van der Waals surface area (Å²) in [5, 5.41) is 3.31. The molecule has 44 heavy (non-hydrogen) atoms. The molecule has 0 amide bonds. The predicted octanol–water partition coefficient (Wildman–Crippen LogP) is 6.43. The fourth-order valence-electron chi connectivity index (χ4n) is 5.84. The molecule has 3 heterocycles. The SMILES string of the molecule is Cc1ccc2c(sc(-c3ccc4c(c3)sc(-c3ccc5c(c3)sc(-c3ccc(N(C)C)cc3)[n+]5C)[n+]4C)[n+]2C)c1S(=O)(=O)O. The molecule has 1 N–H and O–H groups in total. The van der Waals surface area contributed by atoms with Crippen LogP contribution in [0.1, 0.15) is 5.56 Å². The Balaban J connectivity index is 1.30. The van der Waals surface area contributed by atoms with Gasteiger partial charge in [0.2, 0.25) is 16.6 Å². The molecule has 0 aliphatic heterocycles. The molecule has 222 valence electrons. The van der Waals surface area contributed by atoms with Gasteiger partial charge in [-0.1, -0.05) is 40.1 Å². The minimum Gasteiger partial charge on any atom is -0.378 e. The summed E-state index contributed by atoms with van der Waals surface area (Å²) in [7, 11) is 5.91. The summed E-state index contributed by atoms with van der Waals surface area (Å²) in [6.07, 6.45) is 0. The Morgan fingerprint density at radius 1 is 0.636 bits per heavy atom. The third-order valence-electron chi connectivity index (χ3n) is 8.20. The van der Waals surface area contributed by atoms with E-state index in [9.17, 15) is 13.0 Å². The van der Waals surface area contributed by atoms with Crippen LogP contribution < -0.4 is 18.6 Å². The van der Waals surface area contributed by atoms with Crippen LogP contribution in [0.5, 0.6) is 0 Å². The predicted molar refractivity (Wildman–Crippen MR) is 181 cm³/mol. The Bertz CT molecular complexity index is 2380. The highest BCUT2D eigenvalue weighted by molar-refractivity contribution is 7.86. The number of fused-ring (bicyclic) bond motifs is 3. The smallest absolute Gasteiger partial charge is 0.296 e. The maximum Gasteiger partial charge on any atom is 0.296 e. The number of rotatable bonds is 5. The van der Waals surface area contributed by atoms with Crippen molar-refractivity contribution in [3.8, 4) is 31.7 Å². The molecule has 0 unspecified atom stereocenters. The van der Waals surface area contributed by atoms with Crippen LogP contribution in [0.15, 0.2) is 77.7 Å². The van der Waals surface area contributed by atoms with Crippen LogP contribution in [-0.4, -0.2) is 27.1 Å². The molecular weight excluding hydrogens is 629 g/mol. The first-order valence-electron chi connectivity index (χ1n) is 14.0. The van der Waals surface area contributed by atoms with Gasteiger partial charge < -0.3 is 4.90 Å². The molecule has 11 heteroatoms. The summed E-state index contributed by atoms with van der Waals surface area (Å²) >= 11 is 4.93. The highest BCUT2D eigenvalue weighted by Crippen LogP contribution is 2.38. The number of hydrogen-bond donors (Lipinski definition) is 1. The Morgan fingerprint density at radius 2 is 1.09 bits per heavy atom. The Labute approximate surface area is 267 Å². The van der Waals surface area contributed by atoms with Gasteiger partial charge in [0, 0.05) is 38.0 Å². The molecule has 0 saturated heterocycles. The monoisotopic (exact) mass is 659 g/mol. The van der Waals surface area contributed by atoms with Gasteiger partial charge in [0.05, 0.1) is 16.7 Å². The van der Waals surface area contributed by atoms with Crippen molar-refractivity contribution in [3.63, 3.8) is 0 Å². The molecule has 0 aliphatic rings. The van der Waals surface area contributed by atoms with Crippen molar-refractivity contribution in [2.24, 2.45) is 21.1 Å². The van der Waals surface area contributed by atoms with Crippen molar-refractivity contribution in [1.82, 2.24) is 0 Å². The first-order chi connectivity index (χ1) is 20.9. The van der Waals surface area contributed by atoms with Crippen molar-refractivity contribution < 1.29 is 26.7 Å². The standard InChI is InChI=1S/C33H30N4O3S4/c1-19-7-14-26-29(30(19)44(38,39)40)43-33(37(26)6)22-11-16-25-28(18-22)42-32(36(25)5)21-10-15-24-27(17-21)41-31(35(24)4)20-8-12-23(13-9-20)34(2)3/h7-18H,1-6H3/q+2/p+1. The van der Waals surface area contributed by atoms with Gasteiger partial charge in [-0.25, -0.2) is 0 Å². The van der Waals surface area contributed by atoms with E-state index in [2.05, 4.69) is 103 Å². The maximum atomic E-state index is 12.2. The molecule has 0 fully saturated rings. The summed E-state index contributed by atoms with van der Waals surface area (Å²) in [5.41, 5.74) is 8.18. The van der Waals surface area contributed by atoms with Crippen LogP contribution in [0.25, 0.3) is 62.4 Å².